The second-order valence-corrected chi connectivity index (χ2v) is 19.5. The van der Waals surface area contributed by atoms with Crippen LogP contribution in [0.25, 0.3) is 0 Å². The molecule has 188 valence electrons. The molecule has 0 bridgehead atoms. The average molecular weight is 501 g/mol. The molecule has 0 spiro atoms. The van der Waals surface area contributed by atoms with Gasteiger partial charge in [-0.25, -0.2) is 0 Å². The topological polar surface area (TPSA) is 55.8 Å². The first-order chi connectivity index (χ1) is 15.8. The Labute approximate surface area is 209 Å². The Morgan fingerprint density at radius 3 is 1.71 bits per heavy atom. The molecule has 0 aliphatic heterocycles. The van der Waals surface area contributed by atoms with Crippen molar-refractivity contribution in [2.75, 3.05) is 7.11 Å². The van der Waals surface area contributed by atoms with Gasteiger partial charge in [-0.05, 0) is 40.3 Å². The standard InChI is InChI=1S/C28H44O4Si2/c1-21(2)27(32-33(8,9)28(4,5)6)22(3)25(20-26(29)31-7)34(30,23-16-12-10-13-17-23)24-18-14-11-15-19-24/h10-19,21-22,25,27,30H,20H2,1-9H3/t22-,25-,27-/m0/s1. The van der Waals surface area contributed by atoms with E-state index in [-0.39, 0.29) is 40.9 Å². The van der Waals surface area contributed by atoms with E-state index in [0.717, 1.165) is 10.4 Å². The van der Waals surface area contributed by atoms with Crippen LogP contribution in [0, 0.1) is 11.8 Å². The van der Waals surface area contributed by atoms with Crippen molar-refractivity contribution in [2.24, 2.45) is 11.8 Å². The van der Waals surface area contributed by atoms with Crippen LogP contribution >= 0.6 is 0 Å². The number of esters is 1. The van der Waals surface area contributed by atoms with Crippen LogP contribution in [-0.2, 0) is 14.0 Å². The lowest BCUT2D eigenvalue weighted by Crippen LogP contribution is -2.65. The van der Waals surface area contributed by atoms with Gasteiger partial charge in [0.25, 0.3) is 8.32 Å². The normalized spacial score (nSPS) is 15.6. The fourth-order valence-electron chi connectivity index (χ4n) is 4.55. The maximum atomic E-state index is 12.7. The SMILES string of the molecule is COC(=O)C[C@@H]([C@H](C)[C@@H](O[Si](C)(C)C(C)(C)C)C(C)C)[Si](O)(c1ccccc1)c1ccccc1. The number of benzene rings is 2. The highest BCUT2D eigenvalue weighted by Crippen LogP contribution is 2.43. The number of methoxy groups -OCH3 is 1. The zero-order valence-electron chi connectivity index (χ0n) is 22.5. The number of rotatable bonds is 10. The van der Waals surface area contributed by atoms with E-state index in [4.69, 9.17) is 9.16 Å². The summed E-state index contributed by atoms with van der Waals surface area (Å²) in [5.41, 5.74) is -0.318. The Morgan fingerprint density at radius 1 is 0.912 bits per heavy atom. The molecular formula is C28H44O4Si2. The third-order valence-electron chi connectivity index (χ3n) is 7.63. The predicted molar refractivity (Wildman–Crippen MR) is 147 cm³/mol. The Bertz CT molecular complexity index is 868. The van der Waals surface area contributed by atoms with Crippen molar-refractivity contribution in [1.82, 2.24) is 0 Å². The van der Waals surface area contributed by atoms with Crippen molar-refractivity contribution in [2.45, 2.75) is 77.7 Å². The molecule has 0 heterocycles. The molecule has 0 aliphatic carbocycles. The zero-order valence-corrected chi connectivity index (χ0v) is 24.5. The largest absolute Gasteiger partial charge is 0.469 e. The van der Waals surface area contributed by atoms with Crippen LogP contribution in [-0.4, -0.2) is 40.6 Å². The molecule has 0 saturated carbocycles. The summed E-state index contributed by atoms with van der Waals surface area (Å²) >= 11 is 0. The van der Waals surface area contributed by atoms with E-state index in [1.807, 2.05) is 60.7 Å². The van der Waals surface area contributed by atoms with Crippen molar-refractivity contribution in [3.05, 3.63) is 60.7 Å². The summed E-state index contributed by atoms with van der Waals surface area (Å²) in [5.74, 6) is -0.135. The fourth-order valence-corrected chi connectivity index (χ4v) is 10.1. The van der Waals surface area contributed by atoms with Gasteiger partial charge in [0.1, 0.15) is 0 Å². The predicted octanol–water partition coefficient (Wildman–Crippen LogP) is 5.35. The first-order valence-electron chi connectivity index (χ1n) is 12.3. The van der Waals surface area contributed by atoms with Gasteiger partial charge in [0, 0.05) is 18.1 Å². The molecule has 6 heteroatoms. The minimum atomic E-state index is -3.37. The Balaban J connectivity index is 2.68. The summed E-state index contributed by atoms with van der Waals surface area (Å²) in [6, 6.07) is 19.7. The van der Waals surface area contributed by atoms with E-state index < -0.39 is 16.6 Å². The molecule has 0 radical (unpaired) electrons. The quantitative estimate of drug-likeness (QED) is 0.353. The lowest BCUT2D eigenvalue weighted by molar-refractivity contribution is -0.141. The summed E-state index contributed by atoms with van der Waals surface area (Å²) in [4.78, 5) is 25.4. The van der Waals surface area contributed by atoms with E-state index in [1.54, 1.807) is 0 Å². The van der Waals surface area contributed by atoms with Crippen LogP contribution in [0.2, 0.25) is 23.7 Å². The molecule has 0 amide bonds. The summed E-state index contributed by atoms with van der Waals surface area (Å²) in [6.07, 6.45) is 0.0517. The second kappa shape index (κ2) is 11.3. The number of carbonyl (C=O) groups is 1. The molecule has 0 aliphatic rings. The monoisotopic (exact) mass is 500 g/mol. The molecule has 0 fully saturated rings. The average Bonchev–Trinajstić information content (AvgIpc) is 2.80. The molecule has 2 aromatic carbocycles. The number of hydrogen-bond donors (Lipinski definition) is 1. The van der Waals surface area contributed by atoms with E-state index in [2.05, 4.69) is 54.6 Å². The summed E-state index contributed by atoms with van der Waals surface area (Å²) in [7, 11) is -4.04. The molecule has 0 aromatic heterocycles. The molecule has 0 saturated heterocycles. The number of ether oxygens (including phenoxy) is 1. The summed E-state index contributed by atoms with van der Waals surface area (Å²) in [5, 5.41) is 1.86. The minimum absolute atomic E-state index is 0.0598. The van der Waals surface area contributed by atoms with Crippen molar-refractivity contribution in [3.8, 4) is 0 Å². The van der Waals surface area contributed by atoms with Gasteiger partial charge in [0.15, 0.2) is 8.32 Å². The first-order valence-corrected chi connectivity index (χ1v) is 17.3. The molecule has 1 N–H and O–H groups in total. The van der Waals surface area contributed by atoms with Crippen molar-refractivity contribution < 1.29 is 18.8 Å². The molecule has 3 atom stereocenters. The lowest BCUT2D eigenvalue weighted by atomic mass is 9.90. The molecule has 4 nitrogen and oxygen atoms in total. The molecular weight excluding hydrogens is 456 g/mol. The Hall–Kier alpha value is -1.74. The number of hydrogen-bond acceptors (Lipinski definition) is 4. The molecule has 2 aromatic rings. The summed E-state index contributed by atoms with van der Waals surface area (Å²) < 4.78 is 12.1. The van der Waals surface area contributed by atoms with E-state index in [9.17, 15) is 9.59 Å². The second-order valence-electron chi connectivity index (χ2n) is 11.3. The van der Waals surface area contributed by atoms with Crippen molar-refractivity contribution >= 4 is 33.0 Å². The van der Waals surface area contributed by atoms with E-state index in [1.165, 1.54) is 7.11 Å². The van der Waals surface area contributed by atoms with Gasteiger partial charge in [-0.2, -0.15) is 0 Å². The summed E-state index contributed by atoms with van der Waals surface area (Å²) in [6.45, 7) is 17.8. The van der Waals surface area contributed by atoms with Gasteiger partial charge in [-0.15, -0.1) is 0 Å². The maximum absolute atomic E-state index is 12.7. The number of carbonyl (C=O) groups excluding carboxylic acids is 1. The van der Waals surface area contributed by atoms with E-state index in [0.29, 0.717) is 0 Å². The van der Waals surface area contributed by atoms with Gasteiger partial charge < -0.3 is 14.0 Å². The maximum Gasteiger partial charge on any atom is 0.305 e. The van der Waals surface area contributed by atoms with Crippen molar-refractivity contribution in [1.29, 1.82) is 0 Å². The van der Waals surface area contributed by atoms with Crippen LogP contribution < -0.4 is 10.4 Å². The fraction of sp³-hybridized carbons (Fsp3) is 0.536. The van der Waals surface area contributed by atoms with Gasteiger partial charge in [0.2, 0.25) is 0 Å². The lowest BCUT2D eigenvalue weighted by Gasteiger charge is -2.46. The highest BCUT2D eigenvalue weighted by atomic mass is 28.4. The molecule has 2 rings (SSSR count). The molecule has 0 unspecified atom stereocenters. The van der Waals surface area contributed by atoms with E-state index >= 15 is 0 Å². The van der Waals surface area contributed by atoms with Crippen LogP contribution in [0.3, 0.4) is 0 Å². The molecule has 34 heavy (non-hydrogen) atoms. The van der Waals surface area contributed by atoms with Crippen LogP contribution in [0.15, 0.2) is 60.7 Å². The van der Waals surface area contributed by atoms with Gasteiger partial charge in [-0.3, -0.25) is 4.79 Å². The van der Waals surface area contributed by atoms with Gasteiger partial charge in [0.05, 0.1) is 7.11 Å². The first kappa shape index (κ1) is 28.5. The highest BCUT2D eigenvalue weighted by molar-refractivity contribution is 6.97. The van der Waals surface area contributed by atoms with Crippen molar-refractivity contribution in [3.63, 3.8) is 0 Å². The third-order valence-corrected chi connectivity index (χ3v) is 16.3. The smallest absolute Gasteiger partial charge is 0.305 e. The zero-order chi connectivity index (χ0) is 25.7. The minimum Gasteiger partial charge on any atom is -0.469 e. The van der Waals surface area contributed by atoms with Gasteiger partial charge >= 0.3 is 5.97 Å². The highest BCUT2D eigenvalue weighted by Gasteiger charge is 2.51. The van der Waals surface area contributed by atoms with Crippen LogP contribution in [0.1, 0.15) is 48.0 Å². The Morgan fingerprint density at radius 2 is 1.35 bits per heavy atom. The Kier molecular flexibility index (Phi) is 9.50. The van der Waals surface area contributed by atoms with Gasteiger partial charge in [-0.1, -0.05) is 102 Å². The third kappa shape index (κ3) is 6.28. The van der Waals surface area contributed by atoms with Crippen LogP contribution in [0.4, 0.5) is 0 Å². The van der Waals surface area contributed by atoms with Crippen LogP contribution in [0.5, 0.6) is 0 Å².